The average molecular weight is 482 g/mol. The number of imidazole rings is 1. The molecule has 0 fully saturated rings. The van der Waals surface area contributed by atoms with Gasteiger partial charge in [0.1, 0.15) is 11.6 Å². The van der Waals surface area contributed by atoms with E-state index >= 15 is 0 Å². The fraction of sp³-hybridized carbons (Fsp3) is 0.231. The number of hydrogen-bond donors (Lipinski definition) is 1. The molecule has 4 rings (SSSR count). The Morgan fingerprint density at radius 1 is 0.909 bits per heavy atom. The van der Waals surface area contributed by atoms with Crippen LogP contribution in [0.1, 0.15) is 29.0 Å². The van der Waals surface area contributed by atoms with Crippen molar-refractivity contribution in [3.05, 3.63) is 94.2 Å². The monoisotopic (exact) mass is 481 g/mol. The van der Waals surface area contributed by atoms with Crippen molar-refractivity contribution in [2.45, 2.75) is 25.8 Å². The molecule has 1 aromatic heterocycles. The van der Waals surface area contributed by atoms with Gasteiger partial charge in [-0.25, -0.2) is 4.98 Å². The lowest BCUT2D eigenvalue weighted by atomic mass is 10.2. The lowest BCUT2D eigenvalue weighted by Crippen LogP contribution is -2.26. The smallest absolute Gasteiger partial charge is 0.251 e. The van der Waals surface area contributed by atoms with Crippen molar-refractivity contribution in [1.29, 1.82) is 0 Å². The minimum atomic E-state index is -0.117. The zero-order chi connectivity index (χ0) is 23.0. The largest absolute Gasteiger partial charge is 0.494 e. The quantitative estimate of drug-likeness (QED) is 0.275. The van der Waals surface area contributed by atoms with Crippen molar-refractivity contribution in [3.63, 3.8) is 0 Å². The predicted molar refractivity (Wildman–Crippen MR) is 133 cm³/mol. The molecule has 1 heterocycles. The number of para-hydroxylation sites is 2. The van der Waals surface area contributed by atoms with E-state index in [1.807, 2.05) is 42.5 Å². The minimum Gasteiger partial charge on any atom is -0.494 e. The minimum absolute atomic E-state index is 0.117. The summed E-state index contributed by atoms with van der Waals surface area (Å²) in [6.07, 6.45) is 2.52. The third kappa shape index (κ3) is 6.28. The van der Waals surface area contributed by atoms with E-state index in [1.165, 1.54) is 0 Å². The van der Waals surface area contributed by atoms with Crippen LogP contribution in [0, 0.1) is 0 Å². The predicted octanol–water partition coefficient (Wildman–Crippen LogP) is 6.17. The number of unbranched alkanes of at least 4 members (excludes halogenated alkanes) is 1. The second-order valence-corrected chi connectivity index (χ2v) is 8.56. The highest BCUT2D eigenvalue weighted by molar-refractivity contribution is 6.30. The first-order valence-corrected chi connectivity index (χ1v) is 11.7. The summed E-state index contributed by atoms with van der Waals surface area (Å²) in [6, 6.07) is 22.4. The first-order chi connectivity index (χ1) is 16.1. The third-order valence-corrected chi connectivity index (χ3v) is 5.84. The van der Waals surface area contributed by atoms with Gasteiger partial charge in [-0.15, -0.1) is 0 Å². The average Bonchev–Trinajstić information content (AvgIpc) is 3.18. The van der Waals surface area contributed by atoms with Crippen LogP contribution in [-0.4, -0.2) is 28.6 Å². The molecular weight excluding hydrogens is 457 g/mol. The number of amides is 1. The van der Waals surface area contributed by atoms with Crippen molar-refractivity contribution in [2.24, 2.45) is 0 Å². The van der Waals surface area contributed by atoms with Crippen LogP contribution < -0.4 is 10.1 Å². The topological polar surface area (TPSA) is 56.2 Å². The number of halogens is 2. The summed E-state index contributed by atoms with van der Waals surface area (Å²) < 4.78 is 8.04. The summed E-state index contributed by atoms with van der Waals surface area (Å²) in [5, 5.41) is 4.28. The van der Waals surface area contributed by atoms with Gasteiger partial charge in [0.15, 0.2) is 0 Å². The zero-order valence-electron chi connectivity index (χ0n) is 18.1. The van der Waals surface area contributed by atoms with Gasteiger partial charge in [-0.1, -0.05) is 35.3 Å². The van der Waals surface area contributed by atoms with Crippen molar-refractivity contribution in [1.82, 2.24) is 14.9 Å². The van der Waals surface area contributed by atoms with Crippen LogP contribution in [0.25, 0.3) is 11.0 Å². The maximum Gasteiger partial charge on any atom is 0.251 e. The molecule has 0 spiro atoms. The summed E-state index contributed by atoms with van der Waals surface area (Å²) >= 11 is 11.8. The van der Waals surface area contributed by atoms with E-state index in [0.29, 0.717) is 35.2 Å². The van der Waals surface area contributed by atoms with Crippen molar-refractivity contribution < 1.29 is 9.53 Å². The van der Waals surface area contributed by atoms with Gasteiger partial charge in [0.25, 0.3) is 5.91 Å². The lowest BCUT2D eigenvalue weighted by molar-refractivity contribution is 0.0954. The maximum atomic E-state index is 12.4. The second kappa shape index (κ2) is 11.2. The number of aromatic nitrogens is 2. The highest BCUT2D eigenvalue weighted by atomic mass is 35.5. The van der Waals surface area contributed by atoms with E-state index in [-0.39, 0.29) is 5.91 Å². The van der Waals surface area contributed by atoms with Crippen LogP contribution in [0.3, 0.4) is 0 Å². The standard InChI is InChI=1S/C26H25Cl2N3O2/c27-20-9-7-19(8-10-20)26(32)29-16-15-25-30-23-5-1-2-6-24(23)31(25)17-3-4-18-33-22-13-11-21(28)12-14-22/h1-2,5-14H,3-4,15-18H2,(H,29,32). The lowest BCUT2D eigenvalue weighted by Gasteiger charge is -2.11. The highest BCUT2D eigenvalue weighted by Crippen LogP contribution is 2.19. The molecule has 33 heavy (non-hydrogen) atoms. The number of aryl methyl sites for hydroxylation is 1. The van der Waals surface area contributed by atoms with Gasteiger partial charge in [0.05, 0.1) is 17.6 Å². The molecule has 0 bridgehead atoms. The Balaban J connectivity index is 1.32. The Morgan fingerprint density at radius 3 is 2.36 bits per heavy atom. The van der Waals surface area contributed by atoms with E-state index in [9.17, 15) is 4.79 Å². The van der Waals surface area contributed by atoms with Crippen LogP contribution in [0.4, 0.5) is 0 Å². The van der Waals surface area contributed by atoms with Crippen molar-refractivity contribution in [3.8, 4) is 5.75 Å². The zero-order valence-corrected chi connectivity index (χ0v) is 19.6. The molecule has 0 atom stereocenters. The van der Waals surface area contributed by atoms with E-state index < -0.39 is 0 Å². The molecule has 1 amide bonds. The molecule has 170 valence electrons. The van der Waals surface area contributed by atoms with Gasteiger partial charge in [0.2, 0.25) is 0 Å². The van der Waals surface area contributed by atoms with Gasteiger partial charge in [-0.2, -0.15) is 0 Å². The van der Waals surface area contributed by atoms with Gasteiger partial charge in [-0.3, -0.25) is 4.79 Å². The number of nitrogens with one attached hydrogen (secondary N) is 1. The normalized spacial score (nSPS) is 11.0. The SMILES string of the molecule is O=C(NCCc1nc2ccccc2n1CCCCOc1ccc(Cl)cc1)c1ccc(Cl)cc1. The molecule has 0 radical (unpaired) electrons. The number of nitrogens with zero attached hydrogens (tertiary/aromatic N) is 2. The number of carbonyl (C=O) groups excluding carboxylic acids is 1. The highest BCUT2D eigenvalue weighted by Gasteiger charge is 2.11. The summed E-state index contributed by atoms with van der Waals surface area (Å²) in [5.74, 6) is 1.67. The summed E-state index contributed by atoms with van der Waals surface area (Å²) in [4.78, 5) is 17.2. The number of fused-ring (bicyclic) bond motifs is 1. The molecule has 3 aromatic carbocycles. The summed E-state index contributed by atoms with van der Waals surface area (Å²) in [5.41, 5.74) is 2.66. The molecule has 5 nitrogen and oxygen atoms in total. The van der Waals surface area contributed by atoms with Gasteiger partial charge < -0.3 is 14.6 Å². The van der Waals surface area contributed by atoms with Gasteiger partial charge >= 0.3 is 0 Å². The van der Waals surface area contributed by atoms with Crippen LogP contribution in [0.2, 0.25) is 10.0 Å². The number of hydrogen-bond acceptors (Lipinski definition) is 3. The first kappa shape index (κ1) is 23.1. The number of carbonyl (C=O) groups is 1. The first-order valence-electron chi connectivity index (χ1n) is 11.0. The molecule has 0 aliphatic carbocycles. The van der Waals surface area contributed by atoms with Crippen LogP contribution >= 0.6 is 23.2 Å². The van der Waals surface area contributed by atoms with Crippen LogP contribution in [-0.2, 0) is 13.0 Å². The van der Waals surface area contributed by atoms with Crippen molar-refractivity contribution >= 4 is 40.1 Å². The molecule has 0 saturated carbocycles. The van der Waals surface area contributed by atoms with Gasteiger partial charge in [-0.05, 0) is 73.5 Å². The van der Waals surface area contributed by atoms with E-state index in [4.69, 9.17) is 32.9 Å². The van der Waals surface area contributed by atoms with E-state index in [1.54, 1.807) is 24.3 Å². The Morgan fingerprint density at radius 2 is 1.61 bits per heavy atom. The van der Waals surface area contributed by atoms with Crippen LogP contribution in [0.15, 0.2) is 72.8 Å². The molecule has 7 heteroatoms. The molecular formula is C26H25Cl2N3O2. The molecule has 0 saturated heterocycles. The van der Waals surface area contributed by atoms with Crippen molar-refractivity contribution in [2.75, 3.05) is 13.2 Å². The Hall–Kier alpha value is -3.02. The fourth-order valence-electron chi connectivity index (χ4n) is 3.65. The second-order valence-electron chi connectivity index (χ2n) is 7.69. The van der Waals surface area contributed by atoms with Gasteiger partial charge in [0, 0.05) is 35.1 Å². The molecule has 4 aromatic rings. The number of rotatable bonds is 10. The summed E-state index contributed by atoms with van der Waals surface area (Å²) in [6.45, 7) is 1.98. The molecule has 0 unspecified atom stereocenters. The maximum absolute atomic E-state index is 12.4. The third-order valence-electron chi connectivity index (χ3n) is 5.33. The Labute approximate surface area is 203 Å². The number of benzene rings is 3. The number of ether oxygens (including phenoxy) is 1. The molecule has 0 aliphatic heterocycles. The molecule has 0 aliphatic rings. The summed E-state index contributed by atoms with van der Waals surface area (Å²) in [7, 11) is 0. The van der Waals surface area contributed by atoms with E-state index in [0.717, 1.165) is 42.0 Å². The Kier molecular flexibility index (Phi) is 7.87. The van der Waals surface area contributed by atoms with Crippen LogP contribution in [0.5, 0.6) is 5.75 Å². The Bertz CT molecular complexity index is 1200. The molecule has 1 N–H and O–H groups in total. The van der Waals surface area contributed by atoms with E-state index in [2.05, 4.69) is 16.0 Å². The fourth-order valence-corrected chi connectivity index (χ4v) is 3.90.